The van der Waals surface area contributed by atoms with Crippen LogP contribution in [0.4, 0.5) is 4.79 Å². The Kier molecular flexibility index (Phi) is 8.43. The monoisotopic (exact) mass is 411 g/mol. The van der Waals surface area contributed by atoms with Gasteiger partial charge >= 0.3 is 18.0 Å². The first-order chi connectivity index (χ1) is 13.8. The third kappa shape index (κ3) is 5.91. The van der Waals surface area contributed by atoms with E-state index in [1.165, 1.54) is 31.2 Å². The van der Waals surface area contributed by atoms with Crippen LogP contribution in [0.25, 0.3) is 0 Å². The van der Waals surface area contributed by atoms with Crippen LogP contribution in [0.5, 0.6) is 0 Å². The summed E-state index contributed by atoms with van der Waals surface area (Å²) in [7, 11) is 1.45. The topological polar surface area (TPSA) is 116 Å². The second-order valence-corrected chi connectivity index (χ2v) is 8.00. The Balaban J connectivity index is 2.03. The molecule has 29 heavy (non-hydrogen) atoms. The Bertz CT molecular complexity index is 619. The number of carboxylic acids is 1. The zero-order valence-electron chi connectivity index (χ0n) is 17.6. The first kappa shape index (κ1) is 23.1. The van der Waals surface area contributed by atoms with Gasteiger partial charge in [-0.05, 0) is 32.6 Å². The lowest BCUT2D eigenvalue weighted by molar-refractivity contribution is -0.148. The number of esters is 1. The SMILES string of the molecule is CCOC(=O)[C@H](CCC1CCCCC1)N[C@@H](C)C(=O)N1C(=O)N(C)C[C@H]1C(=O)O. The van der Waals surface area contributed by atoms with E-state index in [9.17, 15) is 24.3 Å². The molecule has 1 aliphatic heterocycles. The van der Waals surface area contributed by atoms with E-state index in [2.05, 4.69) is 5.32 Å². The maximum atomic E-state index is 12.8. The number of nitrogens with one attached hydrogen (secondary N) is 1. The van der Waals surface area contributed by atoms with E-state index in [0.717, 1.165) is 24.2 Å². The van der Waals surface area contributed by atoms with E-state index in [1.807, 2.05) is 0 Å². The van der Waals surface area contributed by atoms with E-state index in [0.29, 0.717) is 12.3 Å². The van der Waals surface area contributed by atoms with Crippen LogP contribution in [0, 0.1) is 5.92 Å². The molecule has 9 heteroatoms. The maximum Gasteiger partial charge on any atom is 0.328 e. The van der Waals surface area contributed by atoms with Crippen LogP contribution in [0.3, 0.4) is 0 Å². The van der Waals surface area contributed by atoms with Gasteiger partial charge in [-0.3, -0.25) is 14.9 Å². The zero-order valence-corrected chi connectivity index (χ0v) is 17.6. The molecule has 1 aliphatic carbocycles. The average molecular weight is 411 g/mol. The summed E-state index contributed by atoms with van der Waals surface area (Å²) in [5, 5.41) is 12.3. The van der Waals surface area contributed by atoms with Gasteiger partial charge in [0.15, 0.2) is 6.04 Å². The summed E-state index contributed by atoms with van der Waals surface area (Å²) < 4.78 is 5.15. The smallest absolute Gasteiger partial charge is 0.328 e. The molecule has 0 aromatic rings. The number of ether oxygens (including phenoxy) is 1. The van der Waals surface area contributed by atoms with Gasteiger partial charge in [0.1, 0.15) is 6.04 Å². The van der Waals surface area contributed by atoms with Gasteiger partial charge in [-0.2, -0.15) is 0 Å². The molecule has 0 aromatic heterocycles. The van der Waals surface area contributed by atoms with Crippen molar-refractivity contribution in [2.24, 2.45) is 5.92 Å². The number of rotatable bonds is 9. The van der Waals surface area contributed by atoms with Crippen LogP contribution in [0.1, 0.15) is 58.8 Å². The van der Waals surface area contributed by atoms with Crippen molar-refractivity contribution in [1.29, 1.82) is 0 Å². The van der Waals surface area contributed by atoms with Crippen LogP contribution in [-0.2, 0) is 19.1 Å². The first-order valence-electron chi connectivity index (χ1n) is 10.5. The van der Waals surface area contributed by atoms with Gasteiger partial charge in [0.25, 0.3) is 0 Å². The van der Waals surface area contributed by atoms with Gasteiger partial charge in [-0.1, -0.05) is 32.1 Å². The van der Waals surface area contributed by atoms with Crippen molar-refractivity contribution < 1.29 is 29.0 Å². The number of hydrogen-bond acceptors (Lipinski definition) is 6. The zero-order chi connectivity index (χ0) is 21.6. The summed E-state index contributed by atoms with van der Waals surface area (Å²) in [5.74, 6) is -1.75. The maximum absolute atomic E-state index is 12.8. The predicted molar refractivity (Wildman–Crippen MR) is 105 cm³/mol. The first-order valence-corrected chi connectivity index (χ1v) is 10.5. The Morgan fingerprint density at radius 2 is 1.90 bits per heavy atom. The number of carbonyl (C=O) groups excluding carboxylic acids is 3. The molecule has 0 aromatic carbocycles. The van der Waals surface area contributed by atoms with Gasteiger partial charge in [-0.15, -0.1) is 0 Å². The van der Waals surface area contributed by atoms with Crippen molar-refractivity contribution in [3.05, 3.63) is 0 Å². The third-order valence-corrected chi connectivity index (χ3v) is 5.79. The molecule has 2 aliphatic rings. The lowest BCUT2D eigenvalue weighted by Gasteiger charge is -2.27. The number of likely N-dealkylation sites (N-methyl/N-ethyl adjacent to an activating group) is 1. The highest BCUT2D eigenvalue weighted by Gasteiger charge is 2.45. The van der Waals surface area contributed by atoms with Crippen LogP contribution < -0.4 is 5.32 Å². The largest absolute Gasteiger partial charge is 0.480 e. The number of hydrogen-bond donors (Lipinski definition) is 2. The molecule has 3 amide bonds. The second-order valence-electron chi connectivity index (χ2n) is 8.00. The fraction of sp³-hybridized carbons (Fsp3) is 0.800. The van der Waals surface area contributed by atoms with Gasteiger partial charge < -0.3 is 14.7 Å². The molecule has 0 bridgehead atoms. The van der Waals surface area contributed by atoms with Gasteiger partial charge in [0.2, 0.25) is 5.91 Å². The molecule has 1 heterocycles. The van der Waals surface area contributed by atoms with Crippen LogP contribution in [0.15, 0.2) is 0 Å². The van der Waals surface area contributed by atoms with Gasteiger partial charge in [0.05, 0.1) is 19.2 Å². The Labute approximate surface area is 171 Å². The number of carbonyl (C=O) groups is 4. The summed E-state index contributed by atoms with van der Waals surface area (Å²) in [4.78, 5) is 50.9. The second kappa shape index (κ2) is 10.6. The molecule has 1 saturated heterocycles. The van der Waals surface area contributed by atoms with Crippen LogP contribution >= 0.6 is 0 Å². The average Bonchev–Trinajstić information content (AvgIpc) is 3.00. The number of imide groups is 1. The Morgan fingerprint density at radius 1 is 1.24 bits per heavy atom. The van der Waals surface area contributed by atoms with Crippen molar-refractivity contribution in [2.75, 3.05) is 20.2 Å². The molecule has 3 atom stereocenters. The summed E-state index contributed by atoms with van der Waals surface area (Å²) in [6.07, 6.45) is 7.37. The van der Waals surface area contributed by atoms with E-state index >= 15 is 0 Å². The number of aliphatic carboxylic acids is 1. The number of nitrogens with zero attached hydrogens (tertiary/aromatic N) is 2. The molecule has 2 rings (SSSR count). The summed E-state index contributed by atoms with van der Waals surface area (Å²) in [6, 6.07) is -3.44. The number of carboxylic acid groups (broad SMARTS) is 1. The highest BCUT2D eigenvalue weighted by atomic mass is 16.5. The third-order valence-electron chi connectivity index (χ3n) is 5.79. The van der Waals surface area contributed by atoms with E-state index in [4.69, 9.17) is 4.74 Å². The summed E-state index contributed by atoms with van der Waals surface area (Å²) in [5.41, 5.74) is 0. The van der Waals surface area contributed by atoms with E-state index in [1.54, 1.807) is 13.8 Å². The highest BCUT2D eigenvalue weighted by molar-refractivity contribution is 6.02. The number of amides is 3. The molecule has 9 nitrogen and oxygen atoms in total. The standard InChI is InChI=1S/C20H33N3O6/c1-4-29-19(27)15(11-10-14-8-6-5-7-9-14)21-13(2)17(24)23-16(18(25)26)12-22(3)20(23)28/h13-16,21H,4-12H2,1-3H3,(H,25,26)/t13-,15-,16-/m0/s1. The molecule has 2 N–H and O–H groups in total. The van der Waals surface area contributed by atoms with Crippen LogP contribution in [0.2, 0.25) is 0 Å². The van der Waals surface area contributed by atoms with Crippen LogP contribution in [-0.4, -0.2) is 77.1 Å². The summed E-state index contributed by atoms with van der Waals surface area (Å²) >= 11 is 0. The highest BCUT2D eigenvalue weighted by Crippen LogP contribution is 2.28. The van der Waals surface area contributed by atoms with Gasteiger partial charge in [0, 0.05) is 7.05 Å². The molecule has 1 saturated carbocycles. The minimum Gasteiger partial charge on any atom is -0.480 e. The Hall–Kier alpha value is -2.16. The fourth-order valence-electron chi connectivity index (χ4n) is 4.14. The van der Waals surface area contributed by atoms with Gasteiger partial charge in [-0.25, -0.2) is 14.5 Å². The van der Waals surface area contributed by atoms with Crippen molar-refractivity contribution >= 4 is 23.9 Å². The molecule has 0 radical (unpaired) electrons. The minimum absolute atomic E-state index is 0.0599. The summed E-state index contributed by atoms with van der Waals surface area (Å²) in [6.45, 7) is 3.44. The molecule has 164 valence electrons. The minimum atomic E-state index is -1.23. The number of urea groups is 1. The van der Waals surface area contributed by atoms with Crippen molar-refractivity contribution in [3.8, 4) is 0 Å². The molecular formula is C20H33N3O6. The van der Waals surface area contributed by atoms with E-state index in [-0.39, 0.29) is 13.2 Å². The Morgan fingerprint density at radius 3 is 2.48 bits per heavy atom. The molecule has 2 fully saturated rings. The van der Waals surface area contributed by atoms with Crippen molar-refractivity contribution in [3.63, 3.8) is 0 Å². The fourth-order valence-corrected chi connectivity index (χ4v) is 4.14. The van der Waals surface area contributed by atoms with Crippen molar-refractivity contribution in [1.82, 2.24) is 15.1 Å². The lowest BCUT2D eigenvalue weighted by atomic mass is 9.85. The van der Waals surface area contributed by atoms with Crippen molar-refractivity contribution in [2.45, 2.75) is 76.9 Å². The molecule has 0 unspecified atom stereocenters. The predicted octanol–water partition coefficient (Wildman–Crippen LogP) is 1.60. The molecular weight excluding hydrogens is 378 g/mol. The molecule has 0 spiro atoms. The quantitative estimate of drug-likeness (QED) is 0.554. The normalized spacial score (nSPS) is 22.4. The van der Waals surface area contributed by atoms with E-state index < -0.39 is 42.0 Å². The lowest BCUT2D eigenvalue weighted by Crippen LogP contribution is -2.54.